The largest absolute Gasteiger partial charge is 0.494 e. The van der Waals surface area contributed by atoms with E-state index < -0.39 is 0 Å². The van der Waals surface area contributed by atoms with E-state index in [4.69, 9.17) is 18.9 Å². The number of ketones is 1. The van der Waals surface area contributed by atoms with Crippen molar-refractivity contribution in [1.82, 2.24) is 0 Å². The van der Waals surface area contributed by atoms with Crippen LogP contribution in [0.5, 0.6) is 23.0 Å². The van der Waals surface area contributed by atoms with Crippen LogP contribution in [0.25, 0.3) is 6.08 Å². The zero-order chi connectivity index (χ0) is 20.4. The lowest BCUT2D eigenvalue weighted by Gasteiger charge is -2.11. The Morgan fingerprint density at radius 2 is 1.29 bits per heavy atom. The van der Waals surface area contributed by atoms with Gasteiger partial charge in [-0.25, -0.2) is 0 Å². The third-order valence-corrected chi connectivity index (χ3v) is 3.84. The predicted octanol–water partition coefficient (Wildman–Crippen LogP) is 5.18. The van der Waals surface area contributed by atoms with Crippen LogP contribution in [0.1, 0.15) is 43.6 Å². The van der Waals surface area contributed by atoms with Crippen molar-refractivity contribution in [3.8, 4) is 23.0 Å². The van der Waals surface area contributed by atoms with E-state index in [2.05, 4.69) is 0 Å². The van der Waals surface area contributed by atoms with Gasteiger partial charge in [-0.15, -0.1) is 0 Å². The van der Waals surface area contributed by atoms with Gasteiger partial charge < -0.3 is 18.9 Å². The van der Waals surface area contributed by atoms with Crippen LogP contribution in [0, 0.1) is 0 Å². The molecule has 0 fully saturated rings. The first kappa shape index (κ1) is 21.4. The molecule has 0 atom stereocenters. The van der Waals surface area contributed by atoms with Crippen LogP contribution in [-0.4, -0.2) is 32.2 Å². The number of ether oxygens (including phenoxy) is 4. The lowest BCUT2D eigenvalue weighted by molar-refractivity contribution is 0.104. The summed E-state index contributed by atoms with van der Waals surface area (Å²) in [6, 6.07) is 10.8. The van der Waals surface area contributed by atoms with E-state index in [1.807, 2.05) is 45.9 Å². The number of hydrogen-bond acceptors (Lipinski definition) is 5. The second-order valence-corrected chi connectivity index (χ2v) is 5.79. The van der Waals surface area contributed by atoms with E-state index in [0.717, 1.165) is 11.3 Å². The summed E-state index contributed by atoms with van der Waals surface area (Å²) in [7, 11) is 0. The van der Waals surface area contributed by atoms with E-state index in [9.17, 15) is 4.79 Å². The van der Waals surface area contributed by atoms with Crippen LogP contribution >= 0.6 is 0 Å². The molecule has 5 nitrogen and oxygen atoms in total. The van der Waals surface area contributed by atoms with Crippen molar-refractivity contribution in [2.75, 3.05) is 26.4 Å². The van der Waals surface area contributed by atoms with Gasteiger partial charge in [-0.2, -0.15) is 0 Å². The Morgan fingerprint density at radius 1 is 0.750 bits per heavy atom. The summed E-state index contributed by atoms with van der Waals surface area (Å²) >= 11 is 0. The van der Waals surface area contributed by atoms with Crippen molar-refractivity contribution in [2.24, 2.45) is 0 Å². The van der Waals surface area contributed by atoms with Crippen molar-refractivity contribution in [3.05, 3.63) is 53.6 Å². The van der Waals surface area contributed by atoms with Crippen molar-refractivity contribution in [1.29, 1.82) is 0 Å². The van der Waals surface area contributed by atoms with Crippen LogP contribution in [0.2, 0.25) is 0 Å². The summed E-state index contributed by atoms with van der Waals surface area (Å²) in [4.78, 5) is 12.7. The average molecular weight is 384 g/mol. The molecule has 150 valence electrons. The van der Waals surface area contributed by atoms with E-state index >= 15 is 0 Å². The third kappa shape index (κ3) is 5.78. The lowest BCUT2D eigenvalue weighted by Crippen LogP contribution is -2.03. The molecule has 0 radical (unpaired) electrons. The maximum atomic E-state index is 12.7. The van der Waals surface area contributed by atoms with E-state index in [1.165, 1.54) is 6.08 Å². The minimum Gasteiger partial charge on any atom is -0.494 e. The molecule has 0 aliphatic carbocycles. The smallest absolute Gasteiger partial charge is 0.189 e. The fraction of sp³-hybridized carbons (Fsp3) is 0.348. The van der Waals surface area contributed by atoms with E-state index in [-0.39, 0.29) is 5.78 Å². The molecule has 0 spiro atoms. The zero-order valence-electron chi connectivity index (χ0n) is 17.0. The molecular formula is C23H28O5. The maximum Gasteiger partial charge on any atom is 0.189 e. The highest BCUT2D eigenvalue weighted by molar-refractivity contribution is 6.08. The molecule has 0 saturated carbocycles. The molecule has 0 aliphatic heterocycles. The molecule has 5 heteroatoms. The molecule has 28 heavy (non-hydrogen) atoms. The fourth-order valence-electron chi connectivity index (χ4n) is 2.68. The van der Waals surface area contributed by atoms with Crippen molar-refractivity contribution < 1.29 is 23.7 Å². The monoisotopic (exact) mass is 384 g/mol. The molecule has 0 amide bonds. The van der Waals surface area contributed by atoms with Crippen molar-refractivity contribution in [2.45, 2.75) is 27.7 Å². The second kappa shape index (κ2) is 11.0. The number of benzene rings is 2. The van der Waals surface area contributed by atoms with E-state index in [1.54, 1.807) is 24.3 Å². The maximum absolute atomic E-state index is 12.7. The summed E-state index contributed by atoms with van der Waals surface area (Å²) in [5.74, 6) is 2.45. The van der Waals surface area contributed by atoms with Gasteiger partial charge in [0.15, 0.2) is 5.78 Å². The Bertz CT molecular complexity index is 811. The average Bonchev–Trinajstić information content (AvgIpc) is 2.68. The molecule has 2 aromatic carbocycles. The standard InChI is InChI=1S/C23H28O5/c1-5-25-18-11-9-17(22(15-18)27-7-3)10-14-21(24)20-13-12-19(26-6-2)16-23(20)28-8-4/h9-16H,5-8H2,1-4H3. The first-order valence-corrected chi connectivity index (χ1v) is 9.64. The quantitative estimate of drug-likeness (QED) is 0.395. The topological polar surface area (TPSA) is 54.0 Å². The van der Waals surface area contributed by atoms with Crippen molar-refractivity contribution in [3.63, 3.8) is 0 Å². The van der Waals surface area contributed by atoms with Gasteiger partial charge in [-0.05, 0) is 64.1 Å². The molecule has 0 aromatic heterocycles. The first-order valence-electron chi connectivity index (χ1n) is 9.64. The van der Waals surface area contributed by atoms with Gasteiger partial charge in [-0.1, -0.05) is 0 Å². The predicted molar refractivity (Wildman–Crippen MR) is 111 cm³/mol. The highest BCUT2D eigenvalue weighted by atomic mass is 16.5. The van der Waals surface area contributed by atoms with Gasteiger partial charge in [-0.3, -0.25) is 4.79 Å². The van der Waals surface area contributed by atoms with Crippen LogP contribution in [-0.2, 0) is 0 Å². The van der Waals surface area contributed by atoms with Crippen LogP contribution in [0.15, 0.2) is 42.5 Å². The Labute approximate surface area is 166 Å². The summed E-state index contributed by atoms with van der Waals surface area (Å²) in [5, 5.41) is 0. The third-order valence-electron chi connectivity index (χ3n) is 3.84. The Morgan fingerprint density at radius 3 is 1.89 bits per heavy atom. The molecular weight excluding hydrogens is 356 g/mol. The summed E-state index contributed by atoms with van der Waals surface area (Å²) in [6.07, 6.45) is 3.27. The SMILES string of the molecule is CCOc1ccc(C=CC(=O)c2ccc(OCC)cc2OCC)c(OCC)c1. The summed E-state index contributed by atoms with van der Waals surface area (Å²) in [5.41, 5.74) is 1.30. The van der Waals surface area contributed by atoms with Crippen LogP contribution in [0.3, 0.4) is 0 Å². The highest BCUT2D eigenvalue weighted by Gasteiger charge is 2.12. The lowest BCUT2D eigenvalue weighted by atomic mass is 10.1. The second-order valence-electron chi connectivity index (χ2n) is 5.79. The number of carbonyl (C=O) groups excluding carboxylic acids is 1. The molecule has 0 heterocycles. The normalized spacial score (nSPS) is 10.7. The molecule has 2 aromatic rings. The first-order chi connectivity index (χ1) is 13.6. The Kier molecular flexibility index (Phi) is 8.40. The number of hydrogen-bond donors (Lipinski definition) is 0. The molecule has 2 rings (SSSR count). The summed E-state index contributed by atoms with van der Waals surface area (Å²) < 4.78 is 22.3. The minimum absolute atomic E-state index is 0.150. The minimum atomic E-state index is -0.150. The molecule has 0 unspecified atom stereocenters. The van der Waals surface area contributed by atoms with E-state index in [0.29, 0.717) is 49.2 Å². The Balaban J connectivity index is 2.27. The zero-order valence-corrected chi connectivity index (χ0v) is 17.0. The number of allylic oxidation sites excluding steroid dienone is 1. The molecule has 0 N–H and O–H groups in total. The van der Waals surface area contributed by atoms with Gasteiger partial charge >= 0.3 is 0 Å². The van der Waals surface area contributed by atoms with Crippen molar-refractivity contribution >= 4 is 11.9 Å². The Hall–Kier alpha value is -2.95. The fourth-order valence-corrected chi connectivity index (χ4v) is 2.68. The van der Waals surface area contributed by atoms with Gasteiger partial charge in [0, 0.05) is 17.7 Å². The number of rotatable bonds is 11. The van der Waals surface area contributed by atoms with Gasteiger partial charge in [0.05, 0.1) is 32.0 Å². The summed E-state index contributed by atoms with van der Waals surface area (Å²) in [6.45, 7) is 9.76. The van der Waals surface area contributed by atoms with Gasteiger partial charge in [0.2, 0.25) is 0 Å². The molecule has 0 saturated heterocycles. The molecule has 0 bridgehead atoms. The van der Waals surface area contributed by atoms with Gasteiger partial charge in [0.25, 0.3) is 0 Å². The van der Waals surface area contributed by atoms with Gasteiger partial charge in [0.1, 0.15) is 23.0 Å². The van der Waals surface area contributed by atoms with Crippen LogP contribution in [0.4, 0.5) is 0 Å². The highest BCUT2D eigenvalue weighted by Crippen LogP contribution is 2.28. The molecule has 0 aliphatic rings. The number of carbonyl (C=O) groups is 1. The van der Waals surface area contributed by atoms with Crippen LogP contribution < -0.4 is 18.9 Å².